The zero-order valence-corrected chi connectivity index (χ0v) is 6.95. The quantitative estimate of drug-likeness (QED) is 0.423. The predicted molar refractivity (Wildman–Crippen MR) is 43.8 cm³/mol. The van der Waals surface area contributed by atoms with Gasteiger partial charge in [-0.15, -0.1) is 0 Å². The fraction of sp³-hybridized carbons (Fsp3) is 0. The number of thiophene rings is 1. The van der Waals surface area contributed by atoms with Gasteiger partial charge in [0, 0.05) is 20.8 Å². The van der Waals surface area contributed by atoms with E-state index in [0.29, 0.717) is 0 Å². The first-order valence-electron chi connectivity index (χ1n) is 2.29. The second-order valence-corrected chi connectivity index (χ2v) is 3.05. The molecule has 0 spiro atoms. The number of hydrogen-bond acceptors (Lipinski definition) is 3. The molecule has 0 radical (unpaired) electrons. The van der Waals surface area contributed by atoms with E-state index < -0.39 is 0 Å². The summed E-state index contributed by atoms with van der Waals surface area (Å²) in [6.45, 7) is 0. The summed E-state index contributed by atoms with van der Waals surface area (Å²) < 4.78 is 1.04. The second kappa shape index (κ2) is 2.98. The Morgan fingerprint density at radius 1 is 1.67 bits per heavy atom. The van der Waals surface area contributed by atoms with E-state index in [0.717, 1.165) is 10.0 Å². The Balaban J connectivity index is 2.94. The van der Waals surface area contributed by atoms with Gasteiger partial charge in [-0.05, 0) is 15.9 Å². The van der Waals surface area contributed by atoms with E-state index in [1.165, 1.54) is 0 Å². The van der Waals surface area contributed by atoms with Crippen LogP contribution in [0.5, 0.6) is 0 Å². The number of halogens is 1. The third kappa shape index (κ3) is 1.53. The molecular weight excluding hydrogens is 200 g/mol. The maximum absolute atomic E-state index is 4.94. The monoisotopic (exact) mass is 204 g/mol. The Morgan fingerprint density at radius 2 is 2.44 bits per heavy atom. The van der Waals surface area contributed by atoms with Crippen LogP contribution in [0.15, 0.2) is 20.3 Å². The van der Waals surface area contributed by atoms with Gasteiger partial charge in [0.2, 0.25) is 0 Å². The van der Waals surface area contributed by atoms with Gasteiger partial charge in [0.25, 0.3) is 0 Å². The minimum Gasteiger partial charge on any atom is -0.323 e. The summed E-state index contributed by atoms with van der Waals surface area (Å²) in [5.74, 6) is 4.94. The molecular formula is C5H5BrN2S. The molecule has 48 valence electrons. The summed E-state index contributed by atoms with van der Waals surface area (Å²) >= 11 is 4.94. The van der Waals surface area contributed by atoms with Gasteiger partial charge in [0.15, 0.2) is 0 Å². The average Bonchev–Trinajstić information content (AvgIpc) is 2.18. The van der Waals surface area contributed by atoms with E-state index in [2.05, 4.69) is 21.0 Å². The number of nitrogens with zero attached hydrogens (tertiary/aromatic N) is 1. The number of nitrogens with two attached hydrogens (primary N) is 1. The number of rotatable bonds is 1. The van der Waals surface area contributed by atoms with Crippen LogP contribution in [0.4, 0.5) is 0 Å². The molecule has 0 aliphatic carbocycles. The summed E-state index contributed by atoms with van der Waals surface area (Å²) in [5.41, 5.74) is 1.03. The van der Waals surface area contributed by atoms with Crippen molar-refractivity contribution in [2.75, 3.05) is 0 Å². The van der Waals surface area contributed by atoms with Gasteiger partial charge in [-0.1, -0.05) is 0 Å². The maximum atomic E-state index is 4.94. The van der Waals surface area contributed by atoms with Crippen molar-refractivity contribution in [3.05, 3.63) is 20.8 Å². The fourth-order valence-electron chi connectivity index (χ4n) is 0.464. The molecule has 0 saturated heterocycles. The Hall–Kier alpha value is -0.350. The van der Waals surface area contributed by atoms with Gasteiger partial charge in [-0.3, -0.25) is 0 Å². The summed E-state index contributed by atoms with van der Waals surface area (Å²) in [4.78, 5) is 0. The molecule has 4 heteroatoms. The Bertz CT molecular complexity index is 218. The molecule has 2 nitrogen and oxygen atoms in total. The maximum Gasteiger partial charge on any atom is 0.0557 e. The zero-order chi connectivity index (χ0) is 6.69. The van der Waals surface area contributed by atoms with E-state index in [1.54, 1.807) is 17.6 Å². The van der Waals surface area contributed by atoms with Gasteiger partial charge in [-0.2, -0.15) is 16.4 Å². The van der Waals surface area contributed by atoms with Gasteiger partial charge >= 0.3 is 0 Å². The molecule has 1 rings (SSSR count). The molecule has 0 aliphatic rings. The highest BCUT2D eigenvalue weighted by Gasteiger charge is 1.94. The van der Waals surface area contributed by atoms with Crippen molar-refractivity contribution in [2.45, 2.75) is 0 Å². The molecule has 0 atom stereocenters. The predicted octanol–water partition coefficient (Wildman–Crippen LogP) is 1.80. The average molecular weight is 205 g/mol. The molecule has 9 heavy (non-hydrogen) atoms. The molecule has 0 amide bonds. The molecule has 0 aromatic carbocycles. The van der Waals surface area contributed by atoms with Crippen molar-refractivity contribution in [1.82, 2.24) is 0 Å². The van der Waals surface area contributed by atoms with Crippen LogP contribution in [-0.4, -0.2) is 6.21 Å². The highest BCUT2D eigenvalue weighted by Crippen LogP contribution is 2.18. The first-order chi connectivity index (χ1) is 4.34. The molecule has 0 saturated carbocycles. The van der Waals surface area contributed by atoms with Crippen LogP contribution in [0.25, 0.3) is 0 Å². The largest absolute Gasteiger partial charge is 0.323 e. The third-order valence-corrected chi connectivity index (χ3v) is 2.61. The molecule has 1 heterocycles. The van der Waals surface area contributed by atoms with Crippen LogP contribution in [0, 0.1) is 0 Å². The van der Waals surface area contributed by atoms with Gasteiger partial charge < -0.3 is 5.84 Å². The standard InChI is InChI=1S/C5H5BrN2S/c6-5-3-9-2-4(5)1-8-7/h1-3H,7H2. The van der Waals surface area contributed by atoms with Crippen LogP contribution < -0.4 is 5.84 Å². The van der Waals surface area contributed by atoms with Crippen molar-refractivity contribution in [2.24, 2.45) is 10.9 Å². The van der Waals surface area contributed by atoms with Crippen molar-refractivity contribution in [1.29, 1.82) is 0 Å². The molecule has 0 aliphatic heterocycles. The number of hydrogen-bond donors (Lipinski definition) is 1. The molecule has 0 bridgehead atoms. The van der Waals surface area contributed by atoms with Gasteiger partial charge in [-0.25, -0.2) is 0 Å². The lowest BCUT2D eigenvalue weighted by atomic mass is 10.4. The first kappa shape index (κ1) is 6.77. The minimum absolute atomic E-state index is 1.03. The first-order valence-corrected chi connectivity index (χ1v) is 4.03. The third-order valence-electron chi connectivity index (χ3n) is 0.856. The van der Waals surface area contributed by atoms with E-state index in [-0.39, 0.29) is 0 Å². The van der Waals surface area contributed by atoms with Crippen molar-refractivity contribution in [3.8, 4) is 0 Å². The Labute approximate surface area is 65.5 Å². The van der Waals surface area contributed by atoms with Crippen molar-refractivity contribution < 1.29 is 0 Å². The van der Waals surface area contributed by atoms with Crippen LogP contribution in [0.2, 0.25) is 0 Å². The van der Waals surface area contributed by atoms with E-state index in [1.807, 2.05) is 10.8 Å². The SMILES string of the molecule is NN=Cc1cscc1Br. The van der Waals surface area contributed by atoms with Crippen molar-refractivity contribution in [3.63, 3.8) is 0 Å². The summed E-state index contributed by atoms with van der Waals surface area (Å²) in [6, 6.07) is 0. The Morgan fingerprint density at radius 3 is 2.89 bits per heavy atom. The molecule has 1 aromatic heterocycles. The topological polar surface area (TPSA) is 38.4 Å². The lowest BCUT2D eigenvalue weighted by Crippen LogP contribution is -1.83. The van der Waals surface area contributed by atoms with Crippen LogP contribution >= 0.6 is 27.3 Å². The van der Waals surface area contributed by atoms with E-state index >= 15 is 0 Å². The highest BCUT2D eigenvalue weighted by atomic mass is 79.9. The number of hydrazone groups is 1. The smallest absolute Gasteiger partial charge is 0.0557 e. The minimum atomic E-state index is 1.03. The summed E-state index contributed by atoms with van der Waals surface area (Å²) in [5, 5.41) is 7.35. The van der Waals surface area contributed by atoms with Gasteiger partial charge in [0.1, 0.15) is 0 Å². The van der Waals surface area contributed by atoms with Crippen molar-refractivity contribution >= 4 is 33.5 Å². The lowest BCUT2D eigenvalue weighted by Gasteiger charge is -1.81. The summed E-state index contributed by atoms with van der Waals surface area (Å²) in [7, 11) is 0. The molecule has 0 unspecified atom stereocenters. The fourth-order valence-corrected chi connectivity index (χ4v) is 1.81. The van der Waals surface area contributed by atoms with Crippen LogP contribution in [-0.2, 0) is 0 Å². The van der Waals surface area contributed by atoms with Gasteiger partial charge in [0.05, 0.1) is 6.21 Å². The lowest BCUT2D eigenvalue weighted by molar-refractivity contribution is 1.26. The van der Waals surface area contributed by atoms with Crippen LogP contribution in [0.1, 0.15) is 5.56 Å². The Kier molecular flexibility index (Phi) is 2.24. The molecule has 2 N–H and O–H groups in total. The highest BCUT2D eigenvalue weighted by molar-refractivity contribution is 9.10. The molecule has 0 fully saturated rings. The second-order valence-electron chi connectivity index (χ2n) is 1.45. The normalized spacial score (nSPS) is 10.8. The molecule has 1 aromatic rings. The van der Waals surface area contributed by atoms with Crippen LogP contribution in [0.3, 0.4) is 0 Å². The van der Waals surface area contributed by atoms with E-state index in [4.69, 9.17) is 5.84 Å². The summed E-state index contributed by atoms with van der Waals surface area (Å²) in [6.07, 6.45) is 1.61. The zero-order valence-electron chi connectivity index (χ0n) is 4.54. The van der Waals surface area contributed by atoms with E-state index in [9.17, 15) is 0 Å².